The van der Waals surface area contributed by atoms with Crippen LogP contribution >= 0.6 is 0 Å². The molecule has 9 heteroatoms. The number of aromatic nitrogens is 7. The molecule has 1 aromatic carbocycles. The lowest BCUT2D eigenvalue weighted by atomic mass is 10.0. The van der Waals surface area contributed by atoms with Crippen LogP contribution in [0.4, 0.5) is 5.69 Å². The SMILES string of the molecule is OC(Nc1cncc(-c2ccc3[nH]nc(-c4nc5c(-c6ccncc6)cncc5[nH]4)c3c2)c1)C1CC1. The van der Waals surface area contributed by atoms with E-state index in [1.807, 2.05) is 42.7 Å². The lowest BCUT2D eigenvalue weighted by Crippen LogP contribution is -2.20. The largest absolute Gasteiger partial charge is 0.374 e. The molecular weight excluding hydrogens is 452 g/mol. The molecule has 0 amide bonds. The van der Waals surface area contributed by atoms with Gasteiger partial charge >= 0.3 is 0 Å². The van der Waals surface area contributed by atoms with E-state index >= 15 is 0 Å². The maximum Gasteiger partial charge on any atom is 0.159 e. The summed E-state index contributed by atoms with van der Waals surface area (Å²) in [7, 11) is 0. The van der Waals surface area contributed by atoms with E-state index in [0.29, 0.717) is 11.7 Å². The van der Waals surface area contributed by atoms with Crippen molar-refractivity contribution in [2.24, 2.45) is 5.92 Å². The zero-order chi connectivity index (χ0) is 24.1. The molecule has 36 heavy (non-hydrogen) atoms. The number of imidazole rings is 1. The second kappa shape index (κ2) is 8.24. The number of nitrogens with zero attached hydrogens (tertiary/aromatic N) is 5. The number of hydrogen-bond donors (Lipinski definition) is 4. The van der Waals surface area contributed by atoms with Gasteiger partial charge in [-0.1, -0.05) is 6.07 Å². The van der Waals surface area contributed by atoms with Gasteiger partial charge in [0.1, 0.15) is 11.9 Å². The molecule has 0 bridgehead atoms. The minimum absolute atomic E-state index is 0.330. The van der Waals surface area contributed by atoms with Gasteiger partial charge in [0.25, 0.3) is 0 Å². The summed E-state index contributed by atoms with van der Waals surface area (Å²) in [4.78, 5) is 21.2. The van der Waals surface area contributed by atoms with Crippen molar-refractivity contribution in [3.8, 4) is 33.8 Å². The maximum atomic E-state index is 10.3. The molecule has 9 nitrogen and oxygen atoms in total. The van der Waals surface area contributed by atoms with Crippen molar-refractivity contribution in [3.05, 3.63) is 73.6 Å². The Morgan fingerprint density at radius 3 is 2.58 bits per heavy atom. The first kappa shape index (κ1) is 20.7. The minimum atomic E-state index is -0.537. The highest BCUT2D eigenvalue weighted by atomic mass is 16.3. The minimum Gasteiger partial charge on any atom is -0.374 e. The molecule has 5 heterocycles. The number of benzene rings is 1. The standard InChI is InChI=1S/C27H22N8O/c36-27(16-1-2-16)31-19-9-18(11-29-12-19)17-3-4-22-20(10-17)25(35-34-22)26-32-23-14-30-13-21(24(23)33-26)15-5-7-28-8-6-15/h3-14,16,27,31,36H,1-2H2,(H,32,33)(H,34,35). The van der Waals surface area contributed by atoms with E-state index < -0.39 is 6.23 Å². The number of nitrogens with one attached hydrogen (secondary N) is 3. The molecule has 176 valence electrons. The molecule has 1 unspecified atom stereocenters. The van der Waals surface area contributed by atoms with Gasteiger partial charge in [-0.15, -0.1) is 0 Å². The van der Waals surface area contributed by atoms with E-state index in [-0.39, 0.29) is 0 Å². The first-order valence-electron chi connectivity index (χ1n) is 11.9. The number of anilines is 1. The van der Waals surface area contributed by atoms with Crippen LogP contribution in [-0.2, 0) is 0 Å². The summed E-state index contributed by atoms with van der Waals surface area (Å²) in [5, 5.41) is 22.1. The van der Waals surface area contributed by atoms with E-state index in [4.69, 9.17) is 4.98 Å². The lowest BCUT2D eigenvalue weighted by Gasteiger charge is -2.13. The highest BCUT2D eigenvalue weighted by Gasteiger charge is 2.29. The van der Waals surface area contributed by atoms with Gasteiger partial charge in [0.05, 0.1) is 34.6 Å². The van der Waals surface area contributed by atoms with E-state index in [9.17, 15) is 5.11 Å². The van der Waals surface area contributed by atoms with Gasteiger partial charge < -0.3 is 15.4 Å². The van der Waals surface area contributed by atoms with Crippen LogP contribution in [0.3, 0.4) is 0 Å². The van der Waals surface area contributed by atoms with E-state index in [1.54, 1.807) is 24.8 Å². The molecule has 1 fully saturated rings. The monoisotopic (exact) mass is 474 g/mol. The highest BCUT2D eigenvalue weighted by Crippen LogP contribution is 2.35. The average molecular weight is 475 g/mol. The molecule has 0 aliphatic heterocycles. The van der Waals surface area contributed by atoms with Gasteiger partial charge in [-0.3, -0.25) is 20.1 Å². The number of H-pyrrole nitrogens is 2. The molecule has 6 aromatic rings. The first-order chi connectivity index (χ1) is 17.7. The summed E-state index contributed by atoms with van der Waals surface area (Å²) in [6.07, 6.45) is 12.3. The molecule has 0 spiro atoms. The van der Waals surface area contributed by atoms with Crippen LogP contribution in [0.1, 0.15) is 12.8 Å². The zero-order valence-corrected chi connectivity index (χ0v) is 19.2. The van der Waals surface area contributed by atoms with Gasteiger partial charge in [0.2, 0.25) is 0 Å². The summed E-state index contributed by atoms with van der Waals surface area (Å²) < 4.78 is 0. The second-order valence-corrected chi connectivity index (χ2v) is 9.13. The van der Waals surface area contributed by atoms with Gasteiger partial charge in [-0.05, 0) is 54.3 Å². The molecule has 7 rings (SSSR count). The molecule has 1 aliphatic rings. The third-order valence-electron chi connectivity index (χ3n) is 6.63. The summed E-state index contributed by atoms with van der Waals surface area (Å²) >= 11 is 0. The highest BCUT2D eigenvalue weighted by molar-refractivity contribution is 5.98. The number of pyridine rings is 3. The van der Waals surface area contributed by atoms with Gasteiger partial charge in [0, 0.05) is 47.2 Å². The third kappa shape index (κ3) is 3.66. The topological polar surface area (TPSA) is 128 Å². The quantitative estimate of drug-likeness (QED) is 0.256. The second-order valence-electron chi connectivity index (χ2n) is 9.13. The smallest absolute Gasteiger partial charge is 0.159 e. The Morgan fingerprint density at radius 1 is 0.861 bits per heavy atom. The van der Waals surface area contributed by atoms with Crippen molar-refractivity contribution in [1.29, 1.82) is 0 Å². The summed E-state index contributed by atoms with van der Waals surface area (Å²) in [5.74, 6) is 0.995. The van der Waals surface area contributed by atoms with Gasteiger partial charge in [-0.2, -0.15) is 5.10 Å². The molecular formula is C27H22N8O. The average Bonchev–Trinajstić information content (AvgIpc) is 3.55. The molecule has 4 N–H and O–H groups in total. The van der Waals surface area contributed by atoms with Crippen molar-refractivity contribution in [1.82, 2.24) is 35.1 Å². The van der Waals surface area contributed by atoms with Gasteiger partial charge in [-0.25, -0.2) is 4.98 Å². The van der Waals surface area contributed by atoms with Crippen LogP contribution in [0.15, 0.2) is 73.6 Å². The maximum absolute atomic E-state index is 10.3. The molecule has 1 saturated carbocycles. The van der Waals surface area contributed by atoms with E-state index in [1.165, 1.54) is 0 Å². The fourth-order valence-electron chi connectivity index (χ4n) is 4.54. The van der Waals surface area contributed by atoms with E-state index in [0.717, 1.165) is 68.4 Å². The Labute approximate surface area is 205 Å². The van der Waals surface area contributed by atoms with Crippen LogP contribution < -0.4 is 5.32 Å². The predicted molar refractivity (Wildman–Crippen MR) is 138 cm³/mol. The zero-order valence-electron chi connectivity index (χ0n) is 19.2. The fraction of sp³-hybridized carbons (Fsp3) is 0.148. The van der Waals surface area contributed by atoms with Crippen LogP contribution in [0.5, 0.6) is 0 Å². The van der Waals surface area contributed by atoms with Crippen molar-refractivity contribution < 1.29 is 5.11 Å². The Kier molecular flexibility index (Phi) is 4.74. The molecule has 0 saturated heterocycles. The lowest BCUT2D eigenvalue weighted by molar-refractivity contribution is 0.180. The molecule has 1 atom stereocenters. The number of aliphatic hydroxyl groups is 1. The summed E-state index contributed by atoms with van der Waals surface area (Å²) in [6, 6.07) is 12.0. The Balaban J connectivity index is 1.28. The Morgan fingerprint density at radius 2 is 1.72 bits per heavy atom. The molecule has 0 radical (unpaired) electrons. The van der Waals surface area contributed by atoms with Crippen molar-refractivity contribution >= 4 is 27.6 Å². The summed E-state index contributed by atoms with van der Waals surface area (Å²) in [6.45, 7) is 0. The summed E-state index contributed by atoms with van der Waals surface area (Å²) in [5.41, 5.74) is 7.99. The van der Waals surface area contributed by atoms with Crippen LogP contribution in [0.25, 0.3) is 55.7 Å². The molecule has 5 aromatic heterocycles. The normalized spacial score (nSPS) is 14.4. The van der Waals surface area contributed by atoms with Crippen LogP contribution in [0, 0.1) is 5.92 Å². The Hall–Kier alpha value is -4.63. The predicted octanol–water partition coefficient (Wildman–Crippen LogP) is 4.77. The first-order valence-corrected chi connectivity index (χ1v) is 11.9. The van der Waals surface area contributed by atoms with Crippen molar-refractivity contribution in [3.63, 3.8) is 0 Å². The van der Waals surface area contributed by atoms with Crippen molar-refractivity contribution in [2.45, 2.75) is 19.1 Å². The third-order valence-corrected chi connectivity index (χ3v) is 6.63. The van der Waals surface area contributed by atoms with Crippen molar-refractivity contribution in [2.75, 3.05) is 5.32 Å². The number of aromatic amines is 2. The van der Waals surface area contributed by atoms with Gasteiger partial charge in [0.15, 0.2) is 5.82 Å². The number of rotatable bonds is 6. The van der Waals surface area contributed by atoms with Crippen LogP contribution in [-0.4, -0.2) is 46.5 Å². The fourth-order valence-corrected chi connectivity index (χ4v) is 4.54. The number of hydrogen-bond acceptors (Lipinski definition) is 7. The number of fused-ring (bicyclic) bond motifs is 2. The Bertz CT molecular complexity index is 1700. The van der Waals surface area contributed by atoms with Crippen LogP contribution in [0.2, 0.25) is 0 Å². The number of aliphatic hydroxyl groups excluding tert-OH is 1. The molecule has 1 aliphatic carbocycles. The van der Waals surface area contributed by atoms with E-state index in [2.05, 4.69) is 41.5 Å².